The number of benzene rings is 3. The molecule has 3 rings (SSSR count). The van der Waals surface area contributed by atoms with Crippen molar-refractivity contribution in [2.24, 2.45) is 4.99 Å². The van der Waals surface area contributed by atoms with Crippen LogP contribution in [0.25, 0.3) is 11.1 Å². The van der Waals surface area contributed by atoms with E-state index in [2.05, 4.69) is 4.99 Å². The van der Waals surface area contributed by atoms with Crippen molar-refractivity contribution >= 4 is 30.5 Å². The number of phenols is 1. The Labute approximate surface area is 166 Å². The molecule has 0 saturated heterocycles. The number of hydrogen-bond acceptors (Lipinski definition) is 2. The Bertz CT molecular complexity index is 872. The molecule has 3 aromatic carbocycles. The van der Waals surface area contributed by atoms with E-state index in [4.69, 9.17) is 18.6 Å². The zero-order chi connectivity index (χ0) is 18.9. The number of halogens is 4. The molecule has 0 aliphatic rings. The van der Waals surface area contributed by atoms with Gasteiger partial charge in [0.15, 0.2) is 0 Å². The van der Waals surface area contributed by atoms with Crippen molar-refractivity contribution < 1.29 is 30.9 Å². The average molecular weight is 428 g/mol. The van der Waals surface area contributed by atoms with Crippen LogP contribution in [-0.4, -0.2) is 11.3 Å². The van der Waals surface area contributed by atoms with Gasteiger partial charge in [0.2, 0.25) is 0 Å². The Hall–Kier alpha value is -1.72. The average Bonchev–Trinajstić information content (AvgIpc) is 2.61. The molecule has 0 aliphatic carbocycles. The quantitative estimate of drug-likeness (QED) is 0.377. The van der Waals surface area contributed by atoms with E-state index in [-0.39, 0.29) is 11.3 Å². The van der Waals surface area contributed by atoms with Crippen molar-refractivity contribution in [3.8, 4) is 16.9 Å². The molecular weight excluding hydrogens is 415 g/mol. The van der Waals surface area contributed by atoms with Crippen LogP contribution in [0.4, 0.5) is 14.5 Å². The summed E-state index contributed by atoms with van der Waals surface area (Å²) in [7, 11) is 9.78. The first kappa shape index (κ1) is 20.6. The number of aromatic hydroxyl groups is 1. The predicted molar refractivity (Wildman–Crippen MR) is 98.9 cm³/mol. The van der Waals surface area contributed by atoms with Crippen molar-refractivity contribution in [3.63, 3.8) is 0 Å². The van der Waals surface area contributed by atoms with Gasteiger partial charge >= 0.3 is 35.6 Å². The molecule has 0 aromatic heterocycles. The maximum absolute atomic E-state index is 13.4. The van der Waals surface area contributed by atoms with E-state index < -0.39 is 28.7 Å². The molecule has 3 aromatic rings. The summed E-state index contributed by atoms with van der Waals surface area (Å²) in [6.07, 6.45) is 1.52. The monoisotopic (exact) mass is 427 g/mol. The first-order valence-electron chi connectivity index (χ1n) is 7.39. The maximum atomic E-state index is 13.4. The second kappa shape index (κ2) is 10.4. The molecule has 2 nitrogen and oxygen atoms in total. The van der Waals surface area contributed by atoms with Crippen LogP contribution < -0.4 is 0 Å². The van der Waals surface area contributed by atoms with E-state index >= 15 is 0 Å². The van der Waals surface area contributed by atoms with E-state index in [9.17, 15) is 13.9 Å². The van der Waals surface area contributed by atoms with Gasteiger partial charge in [0, 0.05) is 23.4 Å². The van der Waals surface area contributed by atoms with Crippen molar-refractivity contribution in [3.05, 3.63) is 83.9 Å². The first-order chi connectivity index (χ1) is 12.5. The Morgan fingerprint density at radius 1 is 0.885 bits per heavy atom. The van der Waals surface area contributed by atoms with Gasteiger partial charge in [0.1, 0.15) is 17.4 Å². The fraction of sp³-hybridized carbons (Fsp3) is 0. The summed E-state index contributed by atoms with van der Waals surface area (Å²) in [6, 6.07) is 17.4. The summed E-state index contributed by atoms with van der Waals surface area (Å²) in [6.45, 7) is 0. The second-order valence-electron chi connectivity index (χ2n) is 5.07. The minimum absolute atomic E-state index is 0.0721. The van der Waals surface area contributed by atoms with Crippen LogP contribution >= 0.6 is 18.6 Å². The van der Waals surface area contributed by atoms with E-state index in [0.29, 0.717) is 11.1 Å². The summed E-state index contributed by atoms with van der Waals surface area (Å²) in [5.74, 6) is -1.46. The van der Waals surface area contributed by atoms with Gasteiger partial charge in [-0.05, 0) is 35.9 Å². The van der Waals surface area contributed by atoms with Gasteiger partial charge in [-0.3, -0.25) is 4.99 Å². The standard InChI is InChI=1S/C19H13F2NO.2ClH.Ti/c20-15-9-14(10-16(21)11-15)18-8-4-5-13(19(18)23)12-22-17-6-2-1-3-7-17;;;/h1-12,23H;2*1H;/q;;;+2/p-2. The van der Waals surface area contributed by atoms with Crippen LogP contribution in [0.3, 0.4) is 0 Å². The number of aliphatic imine (C=N–C) groups is 1. The Morgan fingerprint density at radius 3 is 2.12 bits per heavy atom. The van der Waals surface area contributed by atoms with Gasteiger partial charge < -0.3 is 5.11 Å². The molecule has 0 spiro atoms. The Morgan fingerprint density at radius 2 is 1.50 bits per heavy atom. The SMILES string of the molecule is Oc1c(C=Nc2ccccc2)cccc1-c1cc(F)cc(F)c1.[Cl][Ti][Cl]. The molecule has 7 heteroatoms. The van der Waals surface area contributed by atoms with Crippen molar-refractivity contribution in [1.29, 1.82) is 0 Å². The summed E-state index contributed by atoms with van der Waals surface area (Å²) in [4.78, 5) is 4.27. The third-order valence-corrected chi connectivity index (χ3v) is 3.35. The van der Waals surface area contributed by atoms with Crippen molar-refractivity contribution in [2.45, 2.75) is 0 Å². The molecule has 0 unspecified atom stereocenters. The van der Waals surface area contributed by atoms with Gasteiger partial charge in [0.05, 0.1) is 5.69 Å². The van der Waals surface area contributed by atoms with Crippen LogP contribution in [0.5, 0.6) is 5.75 Å². The molecule has 0 amide bonds. The van der Waals surface area contributed by atoms with E-state index in [1.54, 1.807) is 18.2 Å². The molecule has 0 fully saturated rings. The number of hydrogen-bond donors (Lipinski definition) is 1. The van der Waals surface area contributed by atoms with Crippen LogP contribution in [0.15, 0.2) is 71.7 Å². The number of rotatable bonds is 3. The predicted octanol–water partition coefficient (Wildman–Crippen LogP) is 6.46. The fourth-order valence-electron chi connectivity index (χ4n) is 2.27. The molecule has 0 bridgehead atoms. The van der Waals surface area contributed by atoms with Gasteiger partial charge in [-0.25, -0.2) is 8.78 Å². The third-order valence-electron chi connectivity index (χ3n) is 3.35. The molecule has 0 atom stereocenters. The second-order valence-corrected chi connectivity index (χ2v) is 7.65. The van der Waals surface area contributed by atoms with Crippen molar-refractivity contribution in [1.82, 2.24) is 0 Å². The molecule has 132 valence electrons. The molecule has 0 saturated carbocycles. The Kier molecular flexibility index (Phi) is 8.27. The molecule has 26 heavy (non-hydrogen) atoms. The van der Waals surface area contributed by atoms with Gasteiger partial charge in [0.25, 0.3) is 0 Å². The van der Waals surface area contributed by atoms with Crippen LogP contribution in [0.1, 0.15) is 5.56 Å². The molecule has 0 heterocycles. The van der Waals surface area contributed by atoms with Crippen LogP contribution in [0.2, 0.25) is 0 Å². The van der Waals surface area contributed by atoms with E-state index in [1.807, 2.05) is 30.3 Å². The normalized spacial score (nSPS) is 10.3. The Balaban J connectivity index is 0.000000758. The first-order valence-corrected chi connectivity index (χ1v) is 11.7. The molecule has 0 aliphatic heterocycles. The number of phenolic OH excluding ortho intramolecular Hbond substituents is 1. The van der Waals surface area contributed by atoms with E-state index in [0.717, 1.165) is 11.8 Å². The van der Waals surface area contributed by atoms with Gasteiger partial charge in [-0.1, -0.05) is 30.3 Å². The minimum atomic E-state index is -0.692. The van der Waals surface area contributed by atoms with Crippen molar-refractivity contribution in [2.75, 3.05) is 0 Å². The summed E-state index contributed by atoms with van der Waals surface area (Å²) in [5.41, 5.74) is 1.83. The summed E-state index contributed by atoms with van der Waals surface area (Å²) < 4.78 is 26.7. The third kappa shape index (κ3) is 5.92. The molecular formula is C19H13Cl2F2NOTi. The van der Waals surface area contributed by atoms with Gasteiger partial charge in [-0.15, -0.1) is 0 Å². The van der Waals surface area contributed by atoms with Crippen LogP contribution in [-0.2, 0) is 17.0 Å². The van der Waals surface area contributed by atoms with Crippen LogP contribution in [0, 0.1) is 11.6 Å². The number of nitrogens with zero attached hydrogens (tertiary/aromatic N) is 1. The van der Waals surface area contributed by atoms with Gasteiger partial charge in [-0.2, -0.15) is 0 Å². The topological polar surface area (TPSA) is 32.6 Å². The molecule has 0 radical (unpaired) electrons. The zero-order valence-electron chi connectivity index (χ0n) is 13.3. The van der Waals surface area contributed by atoms with E-state index in [1.165, 1.54) is 18.3 Å². The zero-order valence-corrected chi connectivity index (χ0v) is 16.4. The summed E-state index contributed by atoms with van der Waals surface area (Å²) in [5, 5.41) is 10.4. The summed E-state index contributed by atoms with van der Waals surface area (Å²) >= 11 is -0.556. The fourth-order valence-corrected chi connectivity index (χ4v) is 2.27. The molecule has 1 N–H and O–H groups in total. The number of para-hydroxylation sites is 2.